The van der Waals surface area contributed by atoms with E-state index >= 15 is 0 Å². The van der Waals surface area contributed by atoms with Gasteiger partial charge in [-0.25, -0.2) is 0 Å². The fourth-order valence-corrected chi connectivity index (χ4v) is 1.47. The van der Waals surface area contributed by atoms with Crippen molar-refractivity contribution < 1.29 is 0 Å². The molecule has 2 rings (SSSR count). The summed E-state index contributed by atoms with van der Waals surface area (Å²) in [6, 6.07) is 0. The minimum atomic E-state index is 0.500. The summed E-state index contributed by atoms with van der Waals surface area (Å²) in [4.78, 5) is 5.74. The third-order valence-corrected chi connectivity index (χ3v) is 1.98. The van der Waals surface area contributed by atoms with E-state index in [-0.39, 0.29) is 0 Å². The minimum Gasteiger partial charge on any atom is -0.330 e. The third-order valence-electron chi connectivity index (χ3n) is 1.45. The molecule has 0 atom stereocenters. The molecule has 4 nitrogen and oxygen atoms in total. The molecule has 12 heavy (non-hydrogen) atoms. The van der Waals surface area contributed by atoms with E-state index in [2.05, 4.69) is 20.2 Å². The van der Waals surface area contributed by atoms with Gasteiger partial charge < -0.3 is 9.97 Å². The van der Waals surface area contributed by atoms with E-state index in [4.69, 9.17) is 24.4 Å². The van der Waals surface area contributed by atoms with Gasteiger partial charge in [-0.3, -0.25) is 0 Å². The molecule has 2 aromatic heterocycles. The van der Waals surface area contributed by atoms with Gasteiger partial charge in [-0.1, -0.05) is 12.2 Å². The number of hydrogen-bond donors (Lipinski definition) is 2. The molecule has 60 valence electrons. The van der Waals surface area contributed by atoms with Crippen LogP contribution < -0.4 is 0 Å². The Morgan fingerprint density at radius 1 is 1.08 bits per heavy atom. The standard InChI is InChI=1S/C6H4N4S2/c11-5-3-1-7-8-2-4(3)9-6(12)10-5/h1-2H,(H2,9,10,11,12). The average Bonchev–Trinajstić information content (AvgIpc) is 2.04. The lowest BCUT2D eigenvalue weighted by Gasteiger charge is -1.94. The van der Waals surface area contributed by atoms with Crippen LogP contribution in [0.4, 0.5) is 0 Å². The highest BCUT2D eigenvalue weighted by molar-refractivity contribution is 7.72. The molecule has 0 aliphatic carbocycles. The molecule has 0 unspecified atom stereocenters. The maximum Gasteiger partial charge on any atom is 0.175 e. The zero-order chi connectivity index (χ0) is 8.55. The average molecular weight is 196 g/mol. The summed E-state index contributed by atoms with van der Waals surface area (Å²) in [6.07, 6.45) is 3.19. The molecule has 0 amide bonds. The largest absolute Gasteiger partial charge is 0.330 e. The van der Waals surface area contributed by atoms with Crippen molar-refractivity contribution in [1.29, 1.82) is 0 Å². The Morgan fingerprint density at radius 2 is 1.83 bits per heavy atom. The van der Waals surface area contributed by atoms with Crippen molar-refractivity contribution in [3.63, 3.8) is 0 Å². The first-order valence-corrected chi connectivity index (χ1v) is 4.02. The Bertz CT molecular complexity index is 527. The maximum absolute atomic E-state index is 5.03. The monoisotopic (exact) mass is 196 g/mol. The van der Waals surface area contributed by atoms with Crippen LogP contribution in [0, 0.1) is 9.41 Å². The van der Waals surface area contributed by atoms with E-state index in [9.17, 15) is 0 Å². The molecule has 6 heteroatoms. The lowest BCUT2D eigenvalue weighted by Crippen LogP contribution is -1.88. The number of rotatable bonds is 0. The quantitative estimate of drug-likeness (QED) is 0.630. The van der Waals surface area contributed by atoms with Crippen LogP contribution >= 0.6 is 24.4 Å². The highest BCUT2D eigenvalue weighted by Gasteiger charge is 1.94. The SMILES string of the molecule is S=c1[nH]c(=S)c2cnncc2[nH]1. The topological polar surface area (TPSA) is 57.4 Å². The summed E-state index contributed by atoms with van der Waals surface area (Å²) < 4.78 is 1.09. The molecule has 0 fully saturated rings. The van der Waals surface area contributed by atoms with E-state index in [1.165, 1.54) is 0 Å². The third kappa shape index (κ3) is 1.15. The second-order valence-electron chi connectivity index (χ2n) is 2.22. The smallest absolute Gasteiger partial charge is 0.175 e. The minimum absolute atomic E-state index is 0.500. The van der Waals surface area contributed by atoms with Crippen LogP contribution in [0.5, 0.6) is 0 Å². The van der Waals surface area contributed by atoms with Gasteiger partial charge in [0.15, 0.2) is 4.77 Å². The second kappa shape index (κ2) is 2.72. The van der Waals surface area contributed by atoms with Crippen molar-refractivity contribution in [1.82, 2.24) is 20.2 Å². The number of nitrogens with zero attached hydrogens (tertiary/aromatic N) is 2. The van der Waals surface area contributed by atoms with Gasteiger partial charge >= 0.3 is 0 Å². The summed E-state index contributed by atoms with van der Waals surface area (Å²) in [7, 11) is 0. The zero-order valence-electron chi connectivity index (χ0n) is 5.87. The van der Waals surface area contributed by atoms with E-state index < -0.39 is 0 Å². The molecule has 0 saturated heterocycles. The van der Waals surface area contributed by atoms with Crippen LogP contribution in [0.2, 0.25) is 0 Å². The molecular formula is C6H4N4S2. The first kappa shape index (κ1) is 7.51. The van der Waals surface area contributed by atoms with Crippen LogP contribution in [0.3, 0.4) is 0 Å². The normalized spacial score (nSPS) is 10.3. The maximum atomic E-state index is 5.03. The van der Waals surface area contributed by atoms with Gasteiger partial charge in [0, 0.05) is 0 Å². The highest BCUT2D eigenvalue weighted by Crippen LogP contribution is 2.06. The van der Waals surface area contributed by atoms with Gasteiger partial charge in [-0.15, -0.1) is 0 Å². The van der Waals surface area contributed by atoms with Crippen molar-refractivity contribution in [3.05, 3.63) is 21.8 Å². The number of nitrogens with one attached hydrogen (secondary N) is 2. The Labute approximate surface area is 77.7 Å². The molecule has 0 radical (unpaired) electrons. The summed E-state index contributed by atoms with van der Waals surface area (Å²) in [5.74, 6) is 0. The summed E-state index contributed by atoms with van der Waals surface area (Å²) in [5.41, 5.74) is 0.804. The van der Waals surface area contributed by atoms with E-state index in [1.54, 1.807) is 12.4 Å². The fourth-order valence-electron chi connectivity index (χ4n) is 0.926. The van der Waals surface area contributed by atoms with Crippen molar-refractivity contribution in [2.24, 2.45) is 0 Å². The zero-order valence-corrected chi connectivity index (χ0v) is 7.50. The lowest BCUT2D eigenvalue weighted by atomic mass is 10.4. The van der Waals surface area contributed by atoms with E-state index in [0.29, 0.717) is 9.41 Å². The van der Waals surface area contributed by atoms with Crippen LogP contribution in [0.25, 0.3) is 10.9 Å². The van der Waals surface area contributed by atoms with E-state index in [0.717, 1.165) is 10.9 Å². The van der Waals surface area contributed by atoms with E-state index in [1.807, 2.05) is 0 Å². The van der Waals surface area contributed by atoms with Crippen LogP contribution in [0.1, 0.15) is 0 Å². The van der Waals surface area contributed by atoms with Gasteiger partial charge in [0.05, 0.1) is 23.3 Å². The fraction of sp³-hybridized carbons (Fsp3) is 0. The summed E-state index contributed by atoms with van der Waals surface area (Å²) in [6.45, 7) is 0. The highest BCUT2D eigenvalue weighted by atomic mass is 32.1. The van der Waals surface area contributed by atoms with Crippen molar-refractivity contribution >= 4 is 35.3 Å². The van der Waals surface area contributed by atoms with Crippen LogP contribution in [-0.4, -0.2) is 20.2 Å². The van der Waals surface area contributed by atoms with Crippen LogP contribution in [0.15, 0.2) is 12.4 Å². The van der Waals surface area contributed by atoms with Crippen molar-refractivity contribution in [2.45, 2.75) is 0 Å². The van der Waals surface area contributed by atoms with Gasteiger partial charge in [0.2, 0.25) is 0 Å². The molecule has 2 N–H and O–H groups in total. The van der Waals surface area contributed by atoms with Gasteiger partial charge in [0.1, 0.15) is 4.64 Å². The van der Waals surface area contributed by atoms with Gasteiger partial charge in [-0.05, 0) is 12.2 Å². The molecular weight excluding hydrogens is 192 g/mol. The Balaban J connectivity index is 3.09. The molecule has 0 bridgehead atoms. The first-order chi connectivity index (χ1) is 5.77. The Morgan fingerprint density at radius 3 is 2.67 bits per heavy atom. The number of hydrogen-bond acceptors (Lipinski definition) is 4. The summed E-state index contributed by atoms with van der Waals surface area (Å²) in [5, 5.41) is 8.25. The molecule has 0 aliphatic heterocycles. The molecule has 0 aromatic carbocycles. The number of H-pyrrole nitrogens is 2. The number of fused-ring (bicyclic) bond motifs is 1. The Kier molecular flexibility index (Phi) is 1.70. The summed E-state index contributed by atoms with van der Waals surface area (Å²) >= 11 is 9.93. The van der Waals surface area contributed by atoms with Gasteiger partial charge in [0.25, 0.3) is 0 Å². The van der Waals surface area contributed by atoms with Gasteiger partial charge in [-0.2, -0.15) is 10.2 Å². The predicted octanol–water partition coefficient (Wildman–Crippen LogP) is 1.74. The lowest BCUT2D eigenvalue weighted by molar-refractivity contribution is 1.03. The number of aromatic amines is 2. The molecule has 0 spiro atoms. The molecule has 0 aliphatic rings. The predicted molar refractivity (Wildman–Crippen MR) is 49.9 cm³/mol. The second-order valence-corrected chi connectivity index (χ2v) is 3.04. The first-order valence-electron chi connectivity index (χ1n) is 3.20. The van der Waals surface area contributed by atoms with Crippen molar-refractivity contribution in [3.8, 4) is 0 Å². The van der Waals surface area contributed by atoms with Crippen LogP contribution in [-0.2, 0) is 0 Å². The number of aromatic nitrogens is 4. The Hall–Kier alpha value is -1.14. The molecule has 2 heterocycles. The van der Waals surface area contributed by atoms with Crippen molar-refractivity contribution in [2.75, 3.05) is 0 Å². The molecule has 0 saturated carbocycles. The molecule has 2 aromatic rings.